The van der Waals surface area contributed by atoms with Crippen molar-refractivity contribution in [3.05, 3.63) is 34.9 Å². The number of fused-ring (bicyclic) bond motifs is 1. The van der Waals surface area contributed by atoms with Gasteiger partial charge in [-0.2, -0.15) is 4.98 Å². The summed E-state index contributed by atoms with van der Waals surface area (Å²) in [6.45, 7) is 3.56. The molecule has 1 aromatic carbocycles. The minimum atomic E-state index is -0.284. The third kappa shape index (κ3) is 3.19. The number of hydrogen-bond donors (Lipinski definition) is 2. The highest BCUT2D eigenvalue weighted by molar-refractivity contribution is 6.30. The second-order valence-corrected chi connectivity index (χ2v) is 6.10. The van der Waals surface area contributed by atoms with E-state index >= 15 is 0 Å². The van der Waals surface area contributed by atoms with Crippen LogP contribution < -0.4 is 10.6 Å². The van der Waals surface area contributed by atoms with Gasteiger partial charge < -0.3 is 0 Å². The normalized spacial score (nSPS) is 16.9. The summed E-state index contributed by atoms with van der Waals surface area (Å²) in [5, 5.41) is 10.2. The summed E-state index contributed by atoms with van der Waals surface area (Å²) in [4.78, 5) is 27.9. The van der Waals surface area contributed by atoms with E-state index in [2.05, 4.69) is 20.7 Å². The first kappa shape index (κ1) is 15.5. The van der Waals surface area contributed by atoms with Crippen LogP contribution in [0.15, 0.2) is 24.3 Å². The summed E-state index contributed by atoms with van der Waals surface area (Å²) in [6, 6.07) is 6.95. The zero-order chi connectivity index (χ0) is 16.6. The molecule has 0 unspecified atom stereocenters. The lowest BCUT2D eigenvalue weighted by Gasteiger charge is -2.23. The predicted molar refractivity (Wildman–Crippen MR) is 86.3 cm³/mol. The number of carbonyl (C=O) groups is 2. The summed E-state index contributed by atoms with van der Waals surface area (Å²) in [6.07, 6.45) is 0.246. The van der Waals surface area contributed by atoms with E-state index in [1.165, 1.54) is 0 Å². The first-order valence-electron chi connectivity index (χ1n) is 7.27. The van der Waals surface area contributed by atoms with E-state index in [0.717, 1.165) is 5.56 Å². The Hall–Kier alpha value is -2.41. The number of nitrogens with one attached hydrogen (secondary N) is 2. The number of anilines is 2. The number of nitrogens with zero attached hydrogens (tertiary/aromatic N) is 3. The fraction of sp³-hybridized carbons (Fsp3) is 0.333. The average molecular weight is 334 g/mol. The van der Waals surface area contributed by atoms with Crippen molar-refractivity contribution >= 4 is 35.3 Å². The number of benzene rings is 1. The topological polar surface area (TPSA) is 88.9 Å². The van der Waals surface area contributed by atoms with Gasteiger partial charge in [0.25, 0.3) is 5.95 Å². The highest BCUT2D eigenvalue weighted by Gasteiger charge is 2.29. The molecule has 2 amide bonds. The average Bonchev–Trinajstić information content (AvgIpc) is 2.89. The molecule has 1 atom stereocenters. The van der Waals surface area contributed by atoms with Crippen molar-refractivity contribution in [2.75, 3.05) is 10.6 Å². The third-order valence-electron chi connectivity index (χ3n) is 3.57. The first-order valence-corrected chi connectivity index (χ1v) is 7.64. The van der Waals surface area contributed by atoms with Gasteiger partial charge in [0.05, 0.1) is 12.5 Å². The Kier molecular flexibility index (Phi) is 4.04. The lowest BCUT2D eigenvalue weighted by Crippen LogP contribution is -2.29. The molecule has 1 aromatic heterocycles. The molecule has 8 heteroatoms. The number of aromatic nitrogens is 3. The van der Waals surface area contributed by atoms with Gasteiger partial charge in [-0.3, -0.25) is 20.2 Å². The lowest BCUT2D eigenvalue weighted by atomic mass is 10.0. The van der Waals surface area contributed by atoms with Crippen LogP contribution in [0.3, 0.4) is 0 Å². The summed E-state index contributed by atoms with van der Waals surface area (Å²) in [5.41, 5.74) is 0.900. The second-order valence-electron chi connectivity index (χ2n) is 5.67. The molecule has 0 fully saturated rings. The molecule has 2 aromatic rings. The van der Waals surface area contributed by atoms with Crippen molar-refractivity contribution in [3.63, 3.8) is 0 Å². The van der Waals surface area contributed by atoms with Crippen molar-refractivity contribution < 1.29 is 9.59 Å². The molecule has 2 N–H and O–H groups in total. The molecule has 3 rings (SSSR count). The lowest BCUT2D eigenvalue weighted by molar-refractivity contribution is -0.119. The standard InChI is InChI=1S/C15H16ClN5O2/c1-8(2)13(23)18-14-19-15-17-12(22)7-11(21(15)20-14)9-3-5-10(16)6-4-9/h3-6,8,11H,7H2,1-2H3,(H2,17,18,19,20,22,23)/t11-/m0/s1. The Morgan fingerprint density at radius 3 is 2.74 bits per heavy atom. The van der Waals surface area contributed by atoms with Gasteiger partial charge in [-0.05, 0) is 17.7 Å². The van der Waals surface area contributed by atoms with Gasteiger partial charge in [-0.15, -0.1) is 5.10 Å². The molecule has 120 valence electrons. The maximum Gasteiger partial charge on any atom is 0.250 e. The Morgan fingerprint density at radius 2 is 2.09 bits per heavy atom. The van der Waals surface area contributed by atoms with Crippen molar-refractivity contribution in [3.8, 4) is 0 Å². The molecule has 1 aliphatic heterocycles. The van der Waals surface area contributed by atoms with E-state index in [0.29, 0.717) is 11.0 Å². The highest BCUT2D eigenvalue weighted by atomic mass is 35.5. The molecular formula is C15H16ClN5O2. The molecule has 0 radical (unpaired) electrons. The van der Waals surface area contributed by atoms with E-state index in [9.17, 15) is 9.59 Å². The summed E-state index contributed by atoms with van der Waals surface area (Å²) in [5.74, 6) is -0.00814. The fourth-order valence-electron chi connectivity index (χ4n) is 2.32. The van der Waals surface area contributed by atoms with Gasteiger partial charge in [0.1, 0.15) is 0 Å². The zero-order valence-corrected chi connectivity index (χ0v) is 13.5. The minimum absolute atomic E-state index is 0.147. The van der Waals surface area contributed by atoms with Crippen LogP contribution in [0.25, 0.3) is 0 Å². The van der Waals surface area contributed by atoms with E-state index in [1.54, 1.807) is 30.7 Å². The van der Waals surface area contributed by atoms with Crippen LogP contribution in [-0.4, -0.2) is 26.6 Å². The SMILES string of the molecule is CC(C)C(=O)Nc1nc2n(n1)[C@H](c1ccc(Cl)cc1)CC(=O)N2. The first-order chi connectivity index (χ1) is 10.9. The van der Waals surface area contributed by atoms with E-state index < -0.39 is 0 Å². The summed E-state index contributed by atoms with van der Waals surface area (Å²) in [7, 11) is 0. The van der Waals surface area contributed by atoms with Crippen molar-refractivity contribution in [1.29, 1.82) is 0 Å². The number of carbonyl (C=O) groups excluding carboxylic acids is 2. The predicted octanol–water partition coefficient (Wildman–Crippen LogP) is 2.46. The number of amides is 2. The largest absolute Gasteiger partial charge is 0.295 e. The molecule has 0 saturated heterocycles. The van der Waals surface area contributed by atoms with Gasteiger partial charge in [-0.1, -0.05) is 37.6 Å². The highest BCUT2D eigenvalue weighted by Crippen LogP contribution is 2.30. The zero-order valence-electron chi connectivity index (χ0n) is 12.7. The van der Waals surface area contributed by atoms with Crippen LogP contribution in [0, 0.1) is 5.92 Å². The Morgan fingerprint density at radius 1 is 1.39 bits per heavy atom. The van der Waals surface area contributed by atoms with Crippen molar-refractivity contribution in [2.24, 2.45) is 5.92 Å². The van der Waals surface area contributed by atoms with E-state index in [4.69, 9.17) is 11.6 Å². The molecule has 0 saturated carbocycles. The van der Waals surface area contributed by atoms with Gasteiger partial charge in [0.2, 0.25) is 17.8 Å². The van der Waals surface area contributed by atoms with Crippen LogP contribution in [-0.2, 0) is 9.59 Å². The van der Waals surface area contributed by atoms with E-state index in [1.807, 2.05) is 12.1 Å². The molecule has 23 heavy (non-hydrogen) atoms. The molecule has 0 bridgehead atoms. The maximum atomic E-state index is 11.9. The van der Waals surface area contributed by atoms with Crippen LogP contribution in [0.1, 0.15) is 31.9 Å². The van der Waals surface area contributed by atoms with Gasteiger partial charge >= 0.3 is 0 Å². The Balaban J connectivity index is 1.93. The number of rotatable bonds is 3. The van der Waals surface area contributed by atoms with Crippen LogP contribution in [0.5, 0.6) is 0 Å². The molecule has 0 aliphatic carbocycles. The Bertz CT molecular complexity index is 754. The smallest absolute Gasteiger partial charge is 0.250 e. The minimum Gasteiger partial charge on any atom is -0.295 e. The second kappa shape index (κ2) is 6.00. The van der Waals surface area contributed by atoms with Gasteiger partial charge in [0, 0.05) is 10.9 Å². The van der Waals surface area contributed by atoms with Crippen LogP contribution in [0.4, 0.5) is 11.9 Å². The van der Waals surface area contributed by atoms with Crippen LogP contribution >= 0.6 is 11.6 Å². The summed E-state index contributed by atoms with van der Waals surface area (Å²) >= 11 is 5.91. The fourth-order valence-corrected chi connectivity index (χ4v) is 2.44. The molecule has 2 heterocycles. The van der Waals surface area contributed by atoms with Gasteiger partial charge in [0.15, 0.2) is 0 Å². The monoisotopic (exact) mass is 333 g/mol. The van der Waals surface area contributed by atoms with Gasteiger partial charge in [-0.25, -0.2) is 4.68 Å². The maximum absolute atomic E-state index is 11.9. The molecule has 0 spiro atoms. The number of hydrogen-bond acceptors (Lipinski definition) is 4. The molecular weight excluding hydrogens is 318 g/mol. The van der Waals surface area contributed by atoms with Crippen molar-refractivity contribution in [1.82, 2.24) is 14.8 Å². The quantitative estimate of drug-likeness (QED) is 0.903. The number of halogens is 1. The van der Waals surface area contributed by atoms with Crippen LogP contribution in [0.2, 0.25) is 5.02 Å². The molecule has 1 aliphatic rings. The summed E-state index contributed by atoms with van der Waals surface area (Å²) < 4.78 is 1.61. The molecule has 7 nitrogen and oxygen atoms in total. The Labute approximate surface area is 138 Å². The third-order valence-corrected chi connectivity index (χ3v) is 3.82. The van der Waals surface area contributed by atoms with E-state index in [-0.39, 0.29) is 36.1 Å². The van der Waals surface area contributed by atoms with Crippen molar-refractivity contribution in [2.45, 2.75) is 26.3 Å².